The fourth-order valence-electron chi connectivity index (χ4n) is 2.61. The molecule has 1 aliphatic rings. The molecule has 0 bridgehead atoms. The van der Waals surface area contributed by atoms with Gasteiger partial charge >= 0.3 is 0 Å². The van der Waals surface area contributed by atoms with E-state index in [4.69, 9.17) is 10.2 Å². The van der Waals surface area contributed by atoms with Gasteiger partial charge in [-0.2, -0.15) is 0 Å². The van der Waals surface area contributed by atoms with Crippen molar-refractivity contribution in [1.29, 1.82) is 0 Å². The van der Waals surface area contributed by atoms with Crippen LogP contribution in [0.2, 0.25) is 0 Å². The fraction of sp³-hybridized carbons (Fsp3) is 0.615. The van der Waals surface area contributed by atoms with Gasteiger partial charge in [-0.3, -0.25) is 4.79 Å². The number of nitrogens with one attached hydrogen (secondary N) is 2. The van der Waals surface area contributed by atoms with Crippen LogP contribution in [-0.4, -0.2) is 34.0 Å². The Morgan fingerprint density at radius 1 is 1.36 bits per heavy atom. The predicted octanol–water partition coefficient (Wildman–Crippen LogP) is 0.857. The van der Waals surface area contributed by atoms with E-state index in [1.165, 1.54) is 19.2 Å². The van der Waals surface area contributed by atoms with E-state index >= 15 is 0 Å². The number of rotatable bonds is 5. The van der Waals surface area contributed by atoms with Gasteiger partial charge in [0.2, 0.25) is 5.09 Å². The molecule has 0 radical (unpaired) electrons. The summed E-state index contributed by atoms with van der Waals surface area (Å²) in [5.41, 5.74) is 5.72. The summed E-state index contributed by atoms with van der Waals surface area (Å²) in [5, 5.41) is 2.62. The van der Waals surface area contributed by atoms with Crippen molar-refractivity contribution < 1.29 is 17.6 Å². The van der Waals surface area contributed by atoms with E-state index in [1.807, 2.05) is 0 Å². The average Bonchev–Trinajstić information content (AvgIpc) is 2.98. The average molecular weight is 352 g/mol. The highest BCUT2D eigenvalue weighted by Crippen LogP contribution is 2.24. The number of amides is 1. The van der Waals surface area contributed by atoms with Gasteiger partial charge in [0.05, 0.1) is 0 Å². The van der Waals surface area contributed by atoms with Crippen molar-refractivity contribution in [1.82, 2.24) is 10.0 Å². The molecule has 1 aliphatic carbocycles. The molecule has 2 unspecified atom stereocenters. The third-order valence-electron chi connectivity index (χ3n) is 3.87. The Balaban J connectivity index is 0.00000242. The van der Waals surface area contributed by atoms with Gasteiger partial charge in [-0.1, -0.05) is 12.8 Å². The topological polar surface area (TPSA) is 114 Å². The first-order valence-electron chi connectivity index (χ1n) is 7.02. The number of furan rings is 1. The standard InChI is InChI=1S/C13H21N3O4S.ClH/c1-15-21(18,19)12-7-6-11(20-12)13(17)16-10-5-3-2-4-9(10)8-14;/h6-7,9-10,15H,2-5,8,14H2,1H3,(H,16,17);1H. The van der Waals surface area contributed by atoms with Gasteiger partial charge in [-0.05, 0) is 44.5 Å². The summed E-state index contributed by atoms with van der Waals surface area (Å²) in [6.45, 7) is 0.530. The van der Waals surface area contributed by atoms with Gasteiger partial charge in [0.15, 0.2) is 5.76 Å². The summed E-state index contributed by atoms with van der Waals surface area (Å²) in [5.74, 6) is -0.152. The molecule has 1 aromatic heterocycles. The van der Waals surface area contributed by atoms with E-state index in [0.717, 1.165) is 25.7 Å². The second kappa shape index (κ2) is 7.96. The Bertz CT molecular complexity index is 602. The Morgan fingerprint density at radius 2 is 2.05 bits per heavy atom. The number of hydrogen-bond donors (Lipinski definition) is 3. The number of carbonyl (C=O) groups excluding carboxylic acids is 1. The lowest BCUT2D eigenvalue weighted by molar-refractivity contribution is 0.0874. The Kier molecular flexibility index (Phi) is 6.86. The minimum atomic E-state index is -3.68. The number of nitrogens with two attached hydrogens (primary N) is 1. The second-order valence-corrected chi connectivity index (χ2v) is 7.00. The van der Waals surface area contributed by atoms with Gasteiger partial charge in [-0.25, -0.2) is 13.1 Å². The van der Waals surface area contributed by atoms with Crippen LogP contribution in [0.25, 0.3) is 0 Å². The highest BCUT2D eigenvalue weighted by molar-refractivity contribution is 7.89. The number of sulfonamides is 1. The second-order valence-electron chi connectivity index (χ2n) is 5.19. The smallest absolute Gasteiger partial charge is 0.287 e. The first-order chi connectivity index (χ1) is 9.97. The molecule has 1 saturated carbocycles. The maximum absolute atomic E-state index is 12.1. The quantitative estimate of drug-likeness (QED) is 0.727. The van der Waals surface area contributed by atoms with Crippen LogP contribution in [-0.2, 0) is 10.0 Å². The molecule has 126 valence electrons. The molecular formula is C13H22ClN3O4S. The normalized spacial score (nSPS) is 21.9. The fourth-order valence-corrected chi connectivity index (χ4v) is 3.25. The van der Waals surface area contributed by atoms with Crippen molar-refractivity contribution in [3.8, 4) is 0 Å². The van der Waals surface area contributed by atoms with E-state index in [2.05, 4.69) is 10.0 Å². The number of carbonyl (C=O) groups is 1. The van der Waals surface area contributed by atoms with Crippen molar-refractivity contribution in [3.05, 3.63) is 17.9 Å². The van der Waals surface area contributed by atoms with Crippen LogP contribution in [0.5, 0.6) is 0 Å². The summed E-state index contributed by atoms with van der Waals surface area (Å²) < 4.78 is 30.4. The van der Waals surface area contributed by atoms with Crippen LogP contribution < -0.4 is 15.8 Å². The first-order valence-corrected chi connectivity index (χ1v) is 8.50. The zero-order valence-electron chi connectivity index (χ0n) is 12.4. The molecule has 2 rings (SSSR count). The molecule has 4 N–H and O–H groups in total. The van der Waals surface area contributed by atoms with Crippen molar-refractivity contribution in [2.45, 2.75) is 36.8 Å². The molecule has 1 aromatic rings. The molecule has 1 heterocycles. The summed E-state index contributed by atoms with van der Waals surface area (Å²) >= 11 is 0. The van der Waals surface area contributed by atoms with Gasteiger partial charge in [0.1, 0.15) is 0 Å². The minimum Gasteiger partial charge on any atom is -0.438 e. The maximum Gasteiger partial charge on any atom is 0.287 e. The number of halogens is 1. The summed E-state index contributed by atoms with van der Waals surface area (Å²) in [4.78, 5) is 12.1. The molecule has 0 spiro atoms. The molecule has 9 heteroatoms. The van der Waals surface area contributed by atoms with E-state index in [-0.39, 0.29) is 35.2 Å². The summed E-state index contributed by atoms with van der Waals surface area (Å²) in [6.07, 6.45) is 4.06. The first kappa shape index (κ1) is 19.0. The largest absolute Gasteiger partial charge is 0.438 e. The number of hydrogen-bond acceptors (Lipinski definition) is 5. The molecule has 1 amide bonds. The molecule has 0 aromatic carbocycles. The van der Waals surface area contributed by atoms with Crippen LogP contribution >= 0.6 is 12.4 Å². The maximum atomic E-state index is 12.1. The molecule has 7 nitrogen and oxygen atoms in total. The summed E-state index contributed by atoms with van der Waals surface area (Å²) in [6, 6.07) is 2.65. The van der Waals surface area contributed by atoms with Crippen LogP contribution in [0.3, 0.4) is 0 Å². The molecule has 0 saturated heterocycles. The van der Waals surface area contributed by atoms with Crippen LogP contribution in [0.4, 0.5) is 0 Å². The van der Waals surface area contributed by atoms with E-state index in [9.17, 15) is 13.2 Å². The van der Waals surface area contributed by atoms with Gasteiger partial charge in [-0.15, -0.1) is 12.4 Å². The zero-order valence-corrected chi connectivity index (χ0v) is 14.0. The highest BCUT2D eigenvalue weighted by Gasteiger charge is 2.27. The Morgan fingerprint density at radius 3 is 2.68 bits per heavy atom. The lowest BCUT2D eigenvalue weighted by Gasteiger charge is -2.30. The molecule has 2 atom stereocenters. The Hall–Kier alpha value is -1.09. The lowest BCUT2D eigenvalue weighted by atomic mass is 9.84. The van der Waals surface area contributed by atoms with Gasteiger partial charge in [0.25, 0.3) is 15.9 Å². The van der Waals surface area contributed by atoms with Crippen molar-refractivity contribution in [2.24, 2.45) is 11.7 Å². The van der Waals surface area contributed by atoms with E-state index < -0.39 is 15.9 Å². The van der Waals surface area contributed by atoms with E-state index in [0.29, 0.717) is 6.54 Å². The van der Waals surface area contributed by atoms with Crippen LogP contribution in [0.15, 0.2) is 21.6 Å². The third-order valence-corrected chi connectivity index (χ3v) is 5.15. The molecule has 22 heavy (non-hydrogen) atoms. The van der Waals surface area contributed by atoms with Gasteiger partial charge < -0.3 is 15.5 Å². The summed E-state index contributed by atoms with van der Waals surface area (Å²) in [7, 11) is -2.39. The lowest BCUT2D eigenvalue weighted by Crippen LogP contribution is -2.44. The van der Waals surface area contributed by atoms with Crippen LogP contribution in [0.1, 0.15) is 36.2 Å². The van der Waals surface area contributed by atoms with Gasteiger partial charge in [0, 0.05) is 6.04 Å². The predicted molar refractivity (Wildman–Crippen MR) is 84.5 cm³/mol. The monoisotopic (exact) mass is 351 g/mol. The van der Waals surface area contributed by atoms with Crippen molar-refractivity contribution in [2.75, 3.05) is 13.6 Å². The molecule has 0 aliphatic heterocycles. The molecule has 1 fully saturated rings. The third kappa shape index (κ3) is 4.22. The SMILES string of the molecule is CNS(=O)(=O)c1ccc(C(=O)NC2CCCCC2CN)o1.Cl. The van der Waals surface area contributed by atoms with Crippen LogP contribution in [0, 0.1) is 5.92 Å². The van der Waals surface area contributed by atoms with Crippen molar-refractivity contribution >= 4 is 28.3 Å². The highest BCUT2D eigenvalue weighted by atomic mass is 35.5. The van der Waals surface area contributed by atoms with Crippen molar-refractivity contribution in [3.63, 3.8) is 0 Å². The van der Waals surface area contributed by atoms with E-state index in [1.54, 1.807) is 0 Å². The minimum absolute atomic E-state index is 0. The zero-order chi connectivity index (χ0) is 15.5. The molecular weight excluding hydrogens is 330 g/mol. The Labute approximate surface area is 136 Å².